The zero-order valence-electron chi connectivity index (χ0n) is 18.0. The molecule has 0 aliphatic heterocycles. The number of fused-ring (bicyclic) bond motifs is 1. The minimum absolute atomic E-state index is 0.262. The van der Waals surface area contributed by atoms with Crippen LogP contribution in [0.15, 0.2) is 88.2 Å². The topological polar surface area (TPSA) is 122 Å². The Hall–Kier alpha value is -4.92. The van der Waals surface area contributed by atoms with Crippen molar-refractivity contribution in [2.75, 3.05) is 12.8 Å². The number of hydrogen-bond donors (Lipinski definition) is 1. The molecule has 168 valence electrons. The Kier molecular flexibility index (Phi) is 5.27. The van der Waals surface area contributed by atoms with Gasteiger partial charge in [-0.3, -0.25) is 0 Å². The summed E-state index contributed by atoms with van der Waals surface area (Å²) in [6, 6.07) is 21.6. The standard InChI is InChI=1S/C25H18N4O5/c1-32-20-11-8-18-12-21(24(30)33-23(18)13-20)25(31)34-29-14-22(27-28-29)17-4-2-15(3-5-17)16-6-9-19(26)10-7-16/h2-14H,26H2,1H3. The molecule has 0 radical (unpaired) electrons. The van der Waals surface area contributed by atoms with Crippen LogP contribution in [0.5, 0.6) is 5.75 Å². The van der Waals surface area contributed by atoms with Gasteiger partial charge in [0.05, 0.1) is 13.3 Å². The maximum absolute atomic E-state index is 12.6. The zero-order chi connectivity index (χ0) is 23.7. The van der Waals surface area contributed by atoms with Gasteiger partial charge in [-0.25, -0.2) is 9.59 Å². The monoisotopic (exact) mass is 454 g/mol. The summed E-state index contributed by atoms with van der Waals surface area (Å²) in [5.74, 6) is -0.385. The minimum Gasteiger partial charge on any atom is -0.497 e. The van der Waals surface area contributed by atoms with E-state index in [0.717, 1.165) is 21.5 Å². The van der Waals surface area contributed by atoms with Crippen LogP contribution in [-0.2, 0) is 0 Å². The van der Waals surface area contributed by atoms with Crippen molar-refractivity contribution in [3.63, 3.8) is 0 Å². The second-order valence-electron chi connectivity index (χ2n) is 7.44. The predicted octanol–water partition coefficient (Wildman–Crippen LogP) is 3.58. The Labute approximate surface area is 192 Å². The molecule has 0 aliphatic carbocycles. The predicted molar refractivity (Wildman–Crippen MR) is 125 cm³/mol. The normalized spacial score (nSPS) is 10.9. The number of carbonyl (C=O) groups is 1. The number of nitrogens with zero attached hydrogens (tertiary/aromatic N) is 3. The van der Waals surface area contributed by atoms with Gasteiger partial charge in [0, 0.05) is 22.7 Å². The van der Waals surface area contributed by atoms with Crippen LogP contribution in [-0.4, -0.2) is 28.2 Å². The van der Waals surface area contributed by atoms with Crippen LogP contribution in [0.3, 0.4) is 0 Å². The highest BCUT2D eigenvalue weighted by Crippen LogP contribution is 2.24. The first-order valence-corrected chi connectivity index (χ1v) is 10.2. The van der Waals surface area contributed by atoms with Gasteiger partial charge >= 0.3 is 11.6 Å². The number of methoxy groups -OCH3 is 1. The molecule has 34 heavy (non-hydrogen) atoms. The van der Waals surface area contributed by atoms with E-state index in [1.807, 2.05) is 48.5 Å². The molecule has 0 saturated heterocycles. The van der Waals surface area contributed by atoms with E-state index in [1.54, 1.807) is 18.2 Å². The van der Waals surface area contributed by atoms with E-state index in [1.165, 1.54) is 19.4 Å². The molecule has 0 fully saturated rings. The molecular formula is C25H18N4O5. The number of carbonyl (C=O) groups excluding carboxylic acids is 1. The number of rotatable bonds is 5. The summed E-state index contributed by atoms with van der Waals surface area (Å²) < 4.78 is 10.3. The van der Waals surface area contributed by atoms with Crippen molar-refractivity contribution in [2.24, 2.45) is 0 Å². The molecule has 0 atom stereocenters. The van der Waals surface area contributed by atoms with Gasteiger partial charge in [0.1, 0.15) is 22.6 Å². The lowest BCUT2D eigenvalue weighted by Gasteiger charge is -2.04. The van der Waals surface area contributed by atoms with Crippen LogP contribution < -0.4 is 20.9 Å². The van der Waals surface area contributed by atoms with Gasteiger partial charge in [0.25, 0.3) is 0 Å². The SMILES string of the molecule is COc1ccc2cc(C(=O)On3cc(-c4ccc(-c5ccc(N)cc5)cc4)nn3)c(=O)oc2c1. The van der Waals surface area contributed by atoms with Crippen LogP contribution in [0, 0.1) is 0 Å². The summed E-state index contributed by atoms with van der Waals surface area (Å²) in [5.41, 5.74) is 8.97. The van der Waals surface area contributed by atoms with E-state index in [2.05, 4.69) is 10.3 Å². The van der Waals surface area contributed by atoms with Crippen molar-refractivity contribution >= 4 is 22.6 Å². The Balaban J connectivity index is 1.34. The lowest BCUT2D eigenvalue weighted by atomic mass is 10.0. The summed E-state index contributed by atoms with van der Waals surface area (Å²) in [7, 11) is 1.51. The van der Waals surface area contributed by atoms with Gasteiger partial charge in [-0.15, -0.1) is 5.10 Å². The molecule has 0 amide bonds. The summed E-state index contributed by atoms with van der Waals surface area (Å²) in [4.78, 5) is 31.0. The summed E-state index contributed by atoms with van der Waals surface area (Å²) in [6.45, 7) is 0. The number of aromatic nitrogens is 3. The Morgan fingerprint density at radius 1 is 0.941 bits per heavy atom. The quantitative estimate of drug-likeness (QED) is 0.243. The van der Waals surface area contributed by atoms with Crippen molar-refractivity contribution < 1.29 is 18.8 Å². The highest BCUT2D eigenvalue weighted by Gasteiger charge is 2.18. The number of nitrogen functional groups attached to an aromatic ring is 1. The molecule has 0 aliphatic rings. The number of benzene rings is 3. The molecule has 9 heteroatoms. The first kappa shape index (κ1) is 21.0. The first-order valence-electron chi connectivity index (χ1n) is 10.2. The molecule has 2 N–H and O–H groups in total. The van der Waals surface area contributed by atoms with Crippen molar-refractivity contribution in [1.29, 1.82) is 0 Å². The number of hydrogen-bond acceptors (Lipinski definition) is 8. The van der Waals surface area contributed by atoms with Gasteiger partial charge in [-0.1, -0.05) is 41.2 Å². The van der Waals surface area contributed by atoms with E-state index in [9.17, 15) is 9.59 Å². The molecule has 5 rings (SSSR count). The number of ether oxygens (including phenoxy) is 1. The van der Waals surface area contributed by atoms with E-state index in [0.29, 0.717) is 28.1 Å². The van der Waals surface area contributed by atoms with E-state index >= 15 is 0 Å². The molecule has 3 aromatic carbocycles. The zero-order valence-corrected chi connectivity index (χ0v) is 18.0. The molecule has 0 saturated carbocycles. The molecular weight excluding hydrogens is 436 g/mol. The molecule has 2 heterocycles. The fourth-order valence-corrected chi connectivity index (χ4v) is 3.43. The second kappa shape index (κ2) is 8.55. The van der Waals surface area contributed by atoms with Crippen molar-refractivity contribution in [2.45, 2.75) is 0 Å². The Bertz CT molecular complexity index is 1550. The smallest absolute Gasteiger partial charge is 0.373 e. The maximum atomic E-state index is 12.6. The van der Waals surface area contributed by atoms with Gasteiger partial charge in [0.15, 0.2) is 0 Å². The van der Waals surface area contributed by atoms with E-state index in [-0.39, 0.29) is 5.56 Å². The molecule has 9 nitrogen and oxygen atoms in total. The van der Waals surface area contributed by atoms with Crippen molar-refractivity contribution in [3.05, 3.63) is 95.0 Å². The average Bonchev–Trinajstić information content (AvgIpc) is 3.32. The third-order valence-corrected chi connectivity index (χ3v) is 5.24. The van der Waals surface area contributed by atoms with Crippen LogP contribution in [0.1, 0.15) is 10.4 Å². The fourth-order valence-electron chi connectivity index (χ4n) is 3.43. The van der Waals surface area contributed by atoms with Gasteiger partial charge in [0.2, 0.25) is 0 Å². The number of anilines is 1. The van der Waals surface area contributed by atoms with Gasteiger partial charge in [-0.2, -0.15) is 0 Å². The van der Waals surface area contributed by atoms with Gasteiger partial charge < -0.3 is 19.7 Å². The summed E-state index contributed by atoms with van der Waals surface area (Å²) >= 11 is 0. The summed E-state index contributed by atoms with van der Waals surface area (Å²) in [5, 5.41) is 8.41. The molecule has 0 bridgehead atoms. The van der Waals surface area contributed by atoms with Crippen molar-refractivity contribution in [3.8, 4) is 28.1 Å². The lowest BCUT2D eigenvalue weighted by Crippen LogP contribution is -2.25. The Morgan fingerprint density at radius 3 is 2.32 bits per heavy atom. The lowest BCUT2D eigenvalue weighted by molar-refractivity contribution is 0.0379. The van der Waals surface area contributed by atoms with Crippen molar-refractivity contribution in [1.82, 2.24) is 15.2 Å². The highest BCUT2D eigenvalue weighted by molar-refractivity contribution is 5.93. The van der Waals surface area contributed by atoms with Crippen LogP contribution in [0.25, 0.3) is 33.4 Å². The number of nitrogens with two attached hydrogens (primary N) is 1. The average molecular weight is 454 g/mol. The maximum Gasteiger partial charge on any atom is 0.373 e. The molecule has 5 aromatic rings. The summed E-state index contributed by atoms with van der Waals surface area (Å²) in [6.07, 6.45) is 1.45. The largest absolute Gasteiger partial charge is 0.497 e. The van der Waals surface area contributed by atoms with E-state index < -0.39 is 11.6 Å². The fraction of sp³-hybridized carbons (Fsp3) is 0.0400. The second-order valence-corrected chi connectivity index (χ2v) is 7.44. The highest BCUT2D eigenvalue weighted by atomic mass is 16.7. The minimum atomic E-state index is -0.915. The van der Waals surface area contributed by atoms with Crippen LogP contribution in [0.4, 0.5) is 5.69 Å². The van der Waals surface area contributed by atoms with Crippen LogP contribution >= 0.6 is 0 Å². The molecule has 0 spiro atoms. The van der Waals surface area contributed by atoms with E-state index in [4.69, 9.17) is 19.7 Å². The Morgan fingerprint density at radius 2 is 1.62 bits per heavy atom. The molecule has 0 unspecified atom stereocenters. The van der Waals surface area contributed by atoms with Crippen LogP contribution in [0.2, 0.25) is 0 Å². The molecule has 2 aromatic heterocycles. The third kappa shape index (κ3) is 4.09. The van der Waals surface area contributed by atoms with Gasteiger partial charge in [-0.05, 0) is 46.7 Å². The third-order valence-electron chi connectivity index (χ3n) is 5.24. The first-order chi connectivity index (χ1) is 16.5.